The van der Waals surface area contributed by atoms with E-state index in [9.17, 15) is 36.3 Å². The number of benzene rings is 2. The number of halogens is 3. The zero-order valence-electron chi connectivity index (χ0n) is 19.4. The van der Waals surface area contributed by atoms with Crippen LogP contribution in [0.5, 0.6) is 5.75 Å². The number of carboxylic acid groups (broad SMARTS) is 1. The molecule has 3 rings (SSSR count). The molecule has 2 aromatic carbocycles. The fraction of sp³-hybridized carbons (Fsp3) is 0.417. The molecule has 0 atom stereocenters. The second-order valence-corrected chi connectivity index (χ2v) is 10.1. The van der Waals surface area contributed by atoms with Gasteiger partial charge in [0.2, 0.25) is 10.0 Å². The molecular formula is C24H27F3N2O6S. The number of para-hydroxylation sites is 1. The maximum absolute atomic E-state index is 12.7. The van der Waals surface area contributed by atoms with Crippen LogP contribution in [0.4, 0.5) is 18.0 Å². The minimum Gasteiger partial charge on any atom is -0.465 e. The molecule has 1 aliphatic rings. The maximum atomic E-state index is 12.7. The third-order valence-corrected chi connectivity index (χ3v) is 6.98. The highest BCUT2D eigenvalue weighted by atomic mass is 32.2. The van der Waals surface area contributed by atoms with Gasteiger partial charge in [-0.05, 0) is 73.4 Å². The topological polar surface area (TPSA) is 127 Å². The number of rotatable bonds is 11. The summed E-state index contributed by atoms with van der Waals surface area (Å²) in [5.41, 5.74) is 1.94. The fourth-order valence-corrected chi connectivity index (χ4v) is 5.17. The Balaban J connectivity index is 1.55. The molecule has 0 bridgehead atoms. The van der Waals surface area contributed by atoms with Crippen molar-refractivity contribution in [3.8, 4) is 5.75 Å². The summed E-state index contributed by atoms with van der Waals surface area (Å²) in [6, 6.07) is 8.54. The van der Waals surface area contributed by atoms with Crippen molar-refractivity contribution in [3.05, 3.63) is 58.7 Å². The summed E-state index contributed by atoms with van der Waals surface area (Å²) >= 11 is 0. The van der Waals surface area contributed by atoms with E-state index in [1.807, 2.05) is 0 Å². The molecule has 0 saturated carbocycles. The van der Waals surface area contributed by atoms with Crippen molar-refractivity contribution in [3.63, 3.8) is 0 Å². The molecule has 0 heterocycles. The maximum Gasteiger partial charge on any atom is 0.573 e. The molecule has 36 heavy (non-hydrogen) atoms. The summed E-state index contributed by atoms with van der Waals surface area (Å²) in [5.74, 6) is -0.649. The molecule has 1 amide bonds. The van der Waals surface area contributed by atoms with Crippen LogP contribution in [0, 0.1) is 0 Å². The summed E-state index contributed by atoms with van der Waals surface area (Å²) in [4.78, 5) is 25.3. The number of hydrogen-bond donors (Lipinski definition) is 2. The van der Waals surface area contributed by atoms with Crippen LogP contribution in [0.25, 0.3) is 0 Å². The molecule has 0 aromatic heterocycles. The van der Waals surface area contributed by atoms with Gasteiger partial charge in [0, 0.05) is 25.1 Å². The number of alkyl halides is 3. The normalized spacial score (nSPS) is 13.3. The molecule has 0 unspecified atom stereocenters. The van der Waals surface area contributed by atoms with E-state index in [4.69, 9.17) is 5.14 Å². The minimum absolute atomic E-state index is 0.0168. The first-order chi connectivity index (χ1) is 16.8. The molecule has 0 fully saturated rings. The SMILES string of the molecule is NS(=O)(=O)c1cc(C(=O)CCCCN(CCc2ccccc2OC(F)(F)F)C(=O)O)cc2c1CCC2. The van der Waals surface area contributed by atoms with Crippen LogP contribution in [-0.2, 0) is 29.3 Å². The number of nitrogens with zero attached hydrogens (tertiary/aromatic N) is 1. The van der Waals surface area contributed by atoms with Crippen LogP contribution in [0.2, 0.25) is 0 Å². The Hall–Kier alpha value is -3.12. The Labute approximate surface area is 206 Å². The van der Waals surface area contributed by atoms with Gasteiger partial charge in [-0.2, -0.15) is 0 Å². The van der Waals surface area contributed by atoms with Crippen molar-refractivity contribution in [2.45, 2.75) is 56.2 Å². The highest BCUT2D eigenvalue weighted by Gasteiger charge is 2.32. The lowest BCUT2D eigenvalue weighted by molar-refractivity contribution is -0.274. The Kier molecular flexibility index (Phi) is 8.62. The number of sulfonamides is 1. The van der Waals surface area contributed by atoms with Crippen molar-refractivity contribution < 1.29 is 41.0 Å². The Morgan fingerprint density at radius 3 is 2.47 bits per heavy atom. The van der Waals surface area contributed by atoms with Crippen LogP contribution in [0.15, 0.2) is 41.3 Å². The number of primary sulfonamides is 1. The Morgan fingerprint density at radius 2 is 1.81 bits per heavy atom. The predicted octanol–water partition coefficient (Wildman–Crippen LogP) is 4.30. The average Bonchev–Trinajstić information content (AvgIpc) is 3.25. The van der Waals surface area contributed by atoms with Crippen LogP contribution in [0.1, 0.15) is 52.7 Å². The first kappa shape index (κ1) is 27.5. The van der Waals surface area contributed by atoms with Crippen molar-refractivity contribution in [1.82, 2.24) is 4.90 Å². The van der Waals surface area contributed by atoms with Gasteiger partial charge in [-0.25, -0.2) is 18.4 Å². The summed E-state index contributed by atoms with van der Waals surface area (Å²) < 4.78 is 65.7. The molecule has 3 N–H and O–H groups in total. The van der Waals surface area contributed by atoms with Crippen LogP contribution < -0.4 is 9.88 Å². The Bertz CT molecular complexity index is 1230. The number of ketones is 1. The first-order valence-corrected chi connectivity index (χ1v) is 12.9. The van der Waals surface area contributed by atoms with E-state index in [1.165, 1.54) is 30.3 Å². The number of hydrogen-bond acceptors (Lipinski definition) is 5. The van der Waals surface area contributed by atoms with E-state index < -0.39 is 22.5 Å². The number of aryl methyl sites for hydroxylation is 1. The summed E-state index contributed by atoms with van der Waals surface area (Å²) in [6.45, 7) is 0.0293. The van der Waals surface area contributed by atoms with Gasteiger partial charge >= 0.3 is 12.5 Å². The van der Waals surface area contributed by atoms with Crippen LogP contribution in [0.3, 0.4) is 0 Å². The van der Waals surface area contributed by atoms with Crippen molar-refractivity contribution >= 4 is 21.9 Å². The molecule has 196 valence electrons. The van der Waals surface area contributed by atoms with E-state index in [0.29, 0.717) is 31.2 Å². The van der Waals surface area contributed by atoms with Gasteiger partial charge in [0.1, 0.15) is 5.75 Å². The van der Waals surface area contributed by atoms with E-state index in [1.54, 1.807) is 6.07 Å². The van der Waals surface area contributed by atoms with Gasteiger partial charge in [0.05, 0.1) is 4.90 Å². The molecular weight excluding hydrogens is 501 g/mol. The number of unbranched alkanes of at least 4 members (excludes halogenated alkanes) is 1. The standard InChI is InChI=1S/C24H27F3N2O6S/c25-24(26,27)35-21-10-2-1-6-16(21)11-13-29(23(31)32)12-4-3-9-20(30)18-14-17-7-5-8-19(17)22(15-18)36(28,33)34/h1-2,6,10,14-15H,3-5,7-9,11-13H2,(H,31,32)(H2,28,33,34). The number of nitrogens with two attached hydrogens (primary N) is 1. The van der Waals surface area contributed by atoms with Gasteiger partial charge in [-0.1, -0.05) is 18.2 Å². The third-order valence-electron chi connectivity index (χ3n) is 6.00. The smallest absolute Gasteiger partial charge is 0.465 e. The van der Waals surface area contributed by atoms with Crippen molar-refractivity contribution in [2.75, 3.05) is 13.1 Å². The van der Waals surface area contributed by atoms with E-state index in [-0.39, 0.29) is 53.5 Å². The predicted molar refractivity (Wildman–Crippen MR) is 124 cm³/mol. The Morgan fingerprint density at radius 1 is 1.08 bits per heavy atom. The molecule has 8 nitrogen and oxygen atoms in total. The van der Waals surface area contributed by atoms with E-state index in [0.717, 1.165) is 16.9 Å². The molecule has 0 aliphatic heterocycles. The molecule has 0 radical (unpaired) electrons. The quantitative estimate of drug-likeness (QED) is 0.331. The lowest BCUT2D eigenvalue weighted by Gasteiger charge is -2.20. The second kappa shape index (κ2) is 11.3. The second-order valence-electron chi connectivity index (χ2n) is 8.57. The molecule has 0 spiro atoms. The minimum atomic E-state index is -4.86. The van der Waals surface area contributed by atoms with Crippen LogP contribution >= 0.6 is 0 Å². The van der Waals surface area contributed by atoms with E-state index in [2.05, 4.69) is 4.74 Å². The van der Waals surface area contributed by atoms with Crippen LogP contribution in [-0.4, -0.2) is 49.8 Å². The number of carbonyl (C=O) groups is 2. The zero-order valence-corrected chi connectivity index (χ0v) is 20.2. The fourth-order valence-electron chi connectivity index (χ4n) is 4.31. The lowest BCUT2D eigenvalue weighted by atomic mass is 10.0. The first-order valence-electron chi connectivity index (χ1n) is 11.4. The molecule has 2 aromatic rings. The van der Waals surface area contributed by atoms with Gasteiger partial charge in [0.15, 0.2) is 5.78 Å². The number of Topliss-reactive ketones (excluding diaryl/α,β-unsaturated/α-hetero) is 1. The highest BCUT2D eigenvalue weighted by Crippen LogP contribution is 2.30. The third kappa shape index (κ3) is 7.44. The number of carbonyl (C=O) groups excluding carboxylic acids is 1. The van der Waals surface area contributed by atoms with Crippen molar-refractivity contribution in [2.24, 2.45) is 5.14 Å². The molecule has 12 heteroatoms. The molecule has 0 saturated heterocycles. The van der Waals surface area contributed by atoms with Gasteiger partial charge in [-0.15, -0.1) is 13.2 Å². The monoisotopic (exact) mass is 528 g/mol. The van der Waals surface area contributed by atoms with Gasteiger partial charge < -0.3 is 14.7 Å². The van der Waals surface area contributed by atoms with E-state index >= 15 is 0 Å². The van der Waals surface area contributed by atoms with Gasteiger partial charge in [-0.3, -0.25) is 4.79 Å². The largest absolute Gasteiger partial charge is 0.573 e. The number of ether oxygens (including phenoxy) is 1. The number of fused-ring (bicyclic) bond motifs is 1. The molecule has 1 aliphatic carbocycles. The lowest BCUT2D eigenvalue weighted by Crippen LogP contribution is -2.32. The number of amides is 1. The van der Waals surface area contributed by atoms with Crippen molar-refractivity contribution in [1.29, 1.82) is 0 Å². The highest BCUT2D eigenvalue weighted by molar-refractivity contribution is 7.89. The summed E-state index contributed by atoms with van der Waals surface area (Å²) in [5, 5.41) is 14.8. The van der Waals surface area contributed by atoms with Gasteiger partial charge in [0.25, 0.3) is 0 Å². The summed E-state index contributed by atoms with van der Waals surface area (Å²) in [6.07, 6.45) is -3.26. The average molecular weight is 529 g/mol. The zero-order chi connectivity index (χ0) is 26.5. The summed E-state index contributed by atoms with van der Waals surface area (Å²) in [7, 11) is -3.97.